The van der Waals surface area contributed by atoms with E-state index in [9.17, 15) is 4.39 Å². The molecular formula is C14H18FN3O. The molecule has 4 nitrogen and oxygen atoms in total. The second-order valence-electron chi connectivity index (χ2n) is 5.04. The van der Waals surface area contributed by atoms with Crippen LogP contribution in [-0.2, 0) is 5.54 Å². The number of nitrogens with zero attached hydrogens (tertiary/aromatic N) is 2. The van der Waals surface area contributed by atoms with Gasteiger partial charge in [-0.05, 0) is 45.0 Å². The zero-order valence-electron chi connectivity index (χ0n) is 11.6. The summed E-state index contributed by atoms with van der Waals surface area (Å²) in [5.41, 5.74) is 1.17. The van der Waals surface area contributed by atoms with Gasteiger partial charge in [0.25, 0.3) is 0 Å². The van der Waals surface area contributed by atoms with Gasteiger partial charge in [0.1, 0.15) is 5.82 Å². The van der Waals surface area contributed by atoms with Crippen molar-refractivity contribution in [1.82, 2.24) is 15.5 Å². The van der Waals surface area contributed by atoms with Crippen molar-refractivity contribution < 1.29 is 8.91 Å². The van der Waals surface area contributed by atoms with Gasteiger partial charge in [0.05, 0.1) is 5.54 Å². The first kappa shape index (κ1) is 13.7. The van der Waals surface area contributed by atoms with Crippen LogP contribution in [0.2, 0.25) is 0 Å². The van der Waals surface area contributed by atoms with Crippen LogP contribution in [0.15, 0.2) is 22.7 Å². The van der Waals surface area contributed by atoms with E-state index in [2.05, 4.69) is 15.5 Å². The predicted molar refractivity (Wildman–Crippen MR) is 71.1 cm³/mol. The molecule has 0 fully saturated rings. The first-order chi connectivity index (χ1) is 8.94. The second kappa shape index (κ2) is 5.09. The minimum atomic E-state index is -0.402. The molecule has 5 heteroatoms. The van der Waals surface area contributed by atoms with E-state index in [-0.39, 0.29) is 5.82 Å². The number of halogens is 1. The lowest BCUT2D eigenvalue weighted by Gasteiger charge is -2.20. The molecule has 0 saturated carbocycles. The van der Waals surface area contributed by atoms with Crippen LogP contribution in [0.3, 0.4) is 0 Å². The molecule has 0 amide bonds. The fourth-order valence-corrected chi connectivity index (χ4v) is 1.94. The maximum atomic E-state index is 13.3. The van der Waals surface area contributed by atoms with Crippen molar-refractivity contribution in [3.8, 4) is 11.4 Å². The molecule has 0 radical (unpaired) electrons. The van der Waals surface area contributed by atoms with Crippen molar-refractivity contribution in [2.24, 2.45) is 0 Å². The molecule has 19 heavy (non-hydrogen) atoms. The molecule has 2 aromatic rings. The van der Waals surface area contributed by atoms with E-state index in [4.69, 9.17) is 4.52 Å². The third-order valence-electron chi connectivity index (χ3n) is 3.02. The maximum absolute atomic E-state index is 13.3. The van der Waals surface area contributed by atoms with Gasteiger partial charge >= 0.3 is 0 Å². The van der Waals surface area contributed by atoms with E-state index < -0.39 is 5.54 Å². The quantitative estimate of drug-likeness (QED) is 0.921. The lowest BCUT2D eigenvalue weighted by Crippen LogP contribution is -2.36. The summed E-state index contributed by atoms with van der Waals surface area (Å²) in [6.45, 7) is 8.62. The van der Waals surface area contributed by atoms with Crippen LogP contribution >= 0.6 is 0 Å². The summed E-state index contributed by atoms with van der Waals surface area (Å²) in [7, 11) is 0. The monoisotopic (exact) mass is 263 g/mol. The van der Waals surface area contributed by atoms with Crippen LogP contribution in [0, 0.1) is 12.7 Å². The van der Waals surface area contributed by atoms with Crippen LogP contribution in [0.1, 0.15) is 32.2 Å². The summed E-state index contributed by atoms with van der Waals surface area (Å²) in [5.74, 6) is 0.601. The van der Waals surface area contributed by atoms with Crippen LogP contribution in [0.25, 0.3) is 11.4 Å². The van der Waals surface area contributed by atoms with Crippen LogP contribution in [-0.4, -0.2) is 16.7 Å². The smallest absolute Gasteiger partial charge is 0.246 e. The molecule has 1 aromatic carbocycles. The number of benzene rings is 1. The molecular weight excluding hydrogens is 245 g/mol. The van der Waals surface area contributed by atoms with E-state index in [0.717, 1.165) is 12.1 Å². The normalized spacial score (nSPS) is 11.8. The summed E-state index contributed by atoms with van der Waals surface area (Å²) in [4.78, 5) is 4.37. The van der Waals surface area contributed by atoms with Gasteiger partial charge in [0.15, 0.2) is 0 Å². The molecule has 0 unspecified atom stereocenters. The zero-order valence-corrected chi connectivity index (χ0v) is 11.6. The Morgan fingerprint density at radius 2 is 2.11 bits per heavy atom. The zero-order chi connectivity index (χ0) is 14.0. The molecule has 1 N–H and O–H groups in total. The van der Waals surface area contributed by atoms with Crippen LogP contribution < -0.4 is 5.32 Å². The lowest BCUT2D eigenvalue weighted by atomic mass is 10.1. The van der Waals surface area contributed by atoms with Crippen molar-refractivity contribution in [2.45, 2.75) is 33.2 Å². The third-order valence-corrected chi connectivity index (χ3v) is 3.02. The largest absolute Gasteiger partial charge is 0.337 e. The Balaban J connectivity index is 2.38. The predicted octanol–water partition coefficient (Wildman–Crippen LogP) is 3.03. The summed E-state index contributed by atoms with van der Waals surface area (Å²) >= 11 is 0. The van der Waals surface area contributed by atoms with Crippen molar-refractivity contribution in [3.05, 3.63) is 35.5 Å². The topological polar surface area (TPSA) is 51.0 Å². The van der Waals surface area contributed by atoms with E-state index >= 15 is 0 Å². The lowest BCUT2D eigenvalue weighted by molar-refractivity contribution is 0.272. The minimum absolute atomic E-state index is 0.308. The Kier molecular flexibility index (Phi) is 3.66. The molecule has 2 rings (SSSR count). The average Bonchev–Trinajstić information content (AvgIpc) is 2.82. The molecule has 0 aliphatic heterocycles. The summed E-state index contributed by atoms with van der Waals surface area (Å²) in [6.07, 6.45) is 0. The standard InChI is InChI=1S/C14H18FN3O/c1-5-16-14(3,4)13-17-12(18-19-13)11-8-10(15)7-6-9(11)2/h6-8,16H,5H2,1-4H3. The molecule has 0 atom stereocenters. The van der Waals surface area contributed by atoms with E-state index in [1.165, 1.54) is 12.1 Å². The van der Waals surface area contributed by atoms with Crippen LogP contribution in [0.5, 0.6) is 0 Å². The highest BCUT2D eigenvalue weighted by Crippen LogP contribution is 2.25. The Bertz CT molecular complexity index is 578. The van der Waals surface area contributed by atoms with Crippen molar-refractivity contribution in [1.29, 1.82) is 0 Å². The van der Waals surface area contributed by atoms with Crippen molar-refractivity contribution in [3.63, 3.8) is 0 Å². The Labute approximate surface area is 112 Å². The molecule has 0 saturated heterocycles. The van der Waals surface area contributed by atoms with Crippen molar-refractivity contribution >= 4 is 0 Å². The highest BCUT2D eigenvalue weighted by Gasteiger charge is 2.26. The van der Waals surface area contributed by atoms with E-state index in [0.29, 0.717) is 17.3 Å². The molecule has 1 heterocycles. The van der Waals surface area contributed by atoms with Crippen LogP contribution in [0.4, 0.5) is 4.39 Å². The average molecular weight is 263 g/mol. The molecule has 1 aromatic heterocycles. The van der Waals surface area contributed by atoms with Gasteiger partial charge in [0, 0.05) is 5.56 Å². The van der Waals surface area contributed by atoms with Gasteiger partial charge in [-0.1, -0.05) is 18.1 Å². The molecule has 0 bridgehead atoms. The SMILES string of the molecule is CCNC(C)(C)c1nc(-c2cc(F)ccc2C)no1. The van der Waals surface area contributed by atoms with E-state index in [1.54, 1.807) is 6.07 Å². The number of rotatable bonds is 4. The number of aryl methyl sites for hydroxylation is 1. The van der Waals surface area contributed by atoms with Gasteiger partial charge in [-0.15, -0.1) is 0 Å². The number of aromatic nitrogens is 2. The molecule has 0 spiro atoms. The number of hydrogen-bond acceptors (Lipinski definition) is 4. The minimum Gasteiger partial charge on any atom is -0.337 e. The fraction of sp³-hybridized carbons (Fsp3) is 0.429. The summed E-state index contributed by atoms with van der Waals surface area (Å²) < 4.78 is 18.6. The van der Waals surface area contributed by atoms with E-state index in [1.807, 2.05) is 27.7 Å². The van der Waals surface area contributed by atoms with Gasteiger partial charge in [-0.2, -0.15) is 4.98 Å². The first-order valence-corrected chi connectivity index (χ1v) is 6.30. The fourth-order valence-electron chi connectivity index (χ4n) is 1.94. The number of nitrogens with one attached hydrogen (secondary N) is 1. The highest BCUT2D eigenvalue weighted by atomic mass is 19.1. The Hall–Kier alpha value is -1.75. The molecule has 102 valence electrons. The molecule has 0 aliphatic rings. The van der Waals surface area contributed by atoms with Gasteiger partial charge in [0.2, 0.25) is 11.7 Å². The summed E-state index contributed by atoms with van der Waals surface area (Å²) in [5, 5.41) is 7.20. The Morgan fingerprint density at radius 1 is 1.37 bits per heavy atom. The molecule has 0 aliphatic carbocycles. The second-order valence-corrected chi connectivity index (χ2v) is 5.04. The number of hydrogen-bond donors (Lipinski definition) is 1. The maximum Gasteiger partial charge on any atom is 0.246 e. The van der Waals surface area contributed by atoms with Gasteiger partial charge in [-0.25, -0.2) is 4.39 Å². The van der Waals surface area contributed by atoms with Gasteiger partial charge < -0.3 is 9.84 Å². The Morgan fingerprint density at radius 3 is 2.79 bits per heavy atom. The van der Waals surface area contributed by atoms with Gasteiger partial charge in [-0.3, -0.25) is 0 Å². The highest BCUT2D eigenvalue weighted by molar-refractivity contribution is 5.59. The summed E-state index contributed by atoms with van der Waals surface area (Å²) in [6, 6.07) is 4.54. The van der Waals surface area contributed by atoms with Crippen molar-refractivity contribution in [2.75, 3.05) is 6.54 Å². The third kappa shape index (κ3) is 2.81. The first-order valence-electron chi connectivity index (χ1n) is 6.30.